The minimum Gasteiger partial charge on any atom is -0.385 e. The second-order valence-corrected chi connectivity index (χ2v) is 6.88. The van der Waals surface area contributed by atoms with Gasteiger partial charge in [-0.2, -0.15) is 0 Å². The summed E-state index contributed by atoms with van der Waals surface area (Å²) in [6, 6.07) is 0. The van der Waals surface area contributed by atoms with Crippen molar-refractivity contribution in [1.82, 2.24) is 4.72 Å². The number of halogens is 1. The zero-order valence-electron chi connectivity index (χ0n) is 9.49. The lowest BCUT2D eigenvalue weighted by molar-refractivity contribution is 0.199. The SMILES string of the molecule is COCCCS(=O)(=O)NCC(Br)C(C)C. The Bertz CT molecular complexity index is 254. The van der Waals surface area contributed by atoms with Crippen LogP contribution < -0.4 is 4.72 Å². The molecule has 0 rings (SSSR count). The van der Waals surface area contributed by atoms with Crippen molar-refractivity contribution in [3.63, 3.8) is 0 Å². The van der Waals surface area contributed by atoms with Crippen LogP contribution in [0, 0.1) is 5.92 Å². The van der Waals surface area contributed by atoms with Crippen LogP contribution in [0.15, 0.2) is 0 Å². The van der Waals surface area contributed by atoms with Gasteiger partial charge < -0.3 is 4.74 Å². The third-order valence-electron chi connectivity index (χ3n) is 1.98. The third-order valence-corrected chi connectivity index (χ3v) is 4.80. The molecule has 0 aliphatic carbocycles. The second-order valence-electron chi connectivity index (χ2n) is 3.77. The Labute approximate surface area is 101 Å². The van der Waals surface area contributed by atoms with Gasteiger partial charge in [0.15, 0.2) is 0 Å². The molecule has 0 spiro atoms. The van der Waals surface area contributed by atoms with E-state index in [1.807, 2.05) is 13.8 Å². The van der Waals surface area contributed by atoms with E-state index in [1.165, 1.54) is 0 Å². The number of rotatable bonds is 8. The van der Waals surface area contributed by atoms with Gasteiger partial charge in [-0.1, -0.05) is 29.8 Å². The summed E-state index contributed by atoms with van der Waals surface area (Å²) < 4.78 is 30.3. The molecule has 0 aliphatic heterocycles. The van der Waals surface area contributed by atoms with E-state index in [-0.39, 0.29) is 10.6 Å². The Morgan fingerprint density at radius 2 is 2.00 bits per heavy atom. The Balaban J connectivity index is 3.84. The molecule has 15 heavy (non-hydrogen) atoms. The molecule has 0 radical (unpaired) electrons. The van der Waals surface area contributed by atoms with Crippen molar-refractivity contribution in [2.75, 3.05) is 26.0 Å². The molecule has 0 aromatic rings. The molecule has 0 bridgehead atoms. The van der Waals surface area contributed by atoms with Crippen molar-refractivity contribution in [2.24, 2.45) is 5.92 Å². The van der Waals surface area contributed by atoms with E-state index in [9.17, 15) is 8.42 Å². The van der Waals surface area contributed by atoms with E-state index in [1.54, 1.807) is 7.11 Å². The highest BCUT2D eigenvalue weighted by Gasteiger charge is 2.14. The monoisotopic (exact) mass is 301 g/mol. The molecule has 92 valence electrons. The number of ether oxygens (including phenoxy) is 1. The maximum absolute atomic E-state index is 11.4. The highest BCUT2D eigenvalue weighted by Crippen LogP contribution is 2.10. The average molecular weight is 302 g/mol. The standard InChI is InChI=1S/C9H20BrNO3S/c1-8(2)9(10)7-11-15(12,13)6-4-5-14-3/h8-9,11H,4-7H2,1-3H3. The van der Waals surface area contributed by atoms with Crippen molar-refractivity contribution in [3.05, 3.63) is 0 Å². The number of alkyl halides is 1. The van der Waals surface area contributed by atoms with Gasteiger partial charge in [-0.3, -0.25) is 0 Å². The lowest BCUT2D eigenvalue weighted by atomic mass is 10.1. The highest BCUT2D eigenvalue weighted by molar-refractivity contribution is 9.09. The van der Waals surface area contributed by atoms with Gasteiger partial charge in [0.1, 0.15) is 0 Å². The molecule has 0 fully saturated rings. The minimum atomic E-state index is -3.14. The normalized spacial score (nSPS) is 14.5. The predicted octanol–water partition coefficient (Wildman–Crippen LogP) is 1.36. The van der Waals surface area contributed by atoms with Crippen LogP contribution in [0.3, 0.4) is 0 Å². The van der Waals surface area contributed by atoms with Crippen LogP contribution in [0.5, 0.6) is 0 Å². The van der Waals surface area contributed by atoms with Crippen molar-refractivity contribution >= 4 is 26.0 Å². The Morgan fingerprint density at radius 1 is 1.40 bits per heavy atom. The maximum Gasteiger partial charge on any atom is 0.211 e. The van der Waals surface area contributed by atoms with Gasteiger partial charge in [0.25, 0.3) is 0 Å². The molecule has 0 aromatic heterocycles. The van der Waals surface area contributed by atoms with E-state index in [0.29, 0.717) is 25.5 Å². The van der Waals surface area contributed by atoms with Crippen molar-refractivity contribution in [2.45, 2.75) is 25.1 Å². The van der Waals surface area contributed by atoms with Gasteiger partial charge in [0, 0.05) is 25.1 Å². The first kappa shape index (κ1) is 15.3. The number of hydrogen-bond acceptors (Lipinski definition) is 3. The zero-order chi connectivity index (χ0) is 11.9. The topological polar surface area (TPSA) is 55.4 Å². The Kier molecular flexibility index (Phi) is 7.77. The van der Waals surface area contributed by atoms with Gasteiger partial charge in [0.2, 0.25) is 10.0 Å². The fraction of sp³-hybridized carbons (Fsp3) is 1.00. The second kappa shape index (κ2) is 7.60. The quantitative estimate of drug-likeness (QED) is 0.544. The van der Waals surface area contributed by atoms with E-state index >= 15 is 0 Å². The molecule has 0 amide bonds. The summed E-state index contributed by atoms with van der Waals surface area (Å²) in [5.41, 5.74) is 0. The van der Waals surface area contributed by atoms with E-state index < -0.39 is 10.0 Å². The average Bonchev–Trinajstić information content (AvgIpc) is 2.14. The first-order valence-electron chi connectivity index (χ1n) is 4.99. The molecule has 4 nitrogen and oxygen atoms in total. The number of nitrogens with one attached hydrogen (secondary N) is 1. The predicted molar refractivity (Wildman–Crippen MR) is 65.8 cm³/mol. The number of methoxy groups -OCH3 is 1. The molecule has 6 heteroatoms. The van der Waals surface area contributed by atoms with Crippen LogP contribution >= 0.6 is 15.9 Å². The molecule has 0 heterocycles. The van der Waals surface area contributed by atoms with Crippen molar-refractivity contribution in [3.8, 4) is 0 Å². The molecular formula is C9H20BrNO3S. The van der Waals surface area contributed by atoms with Gasteiger partial charge in [-0.15, -0.1) is 0 Å². The summed E-state index contributed by atoms with van der Waals surface area (Å²) in [7, 11) is -1.58. The van der Waals surface area contributed by atoms with Crippen LogP contribution in [0.2, 0.25) is 0 Å². The lowest BCUT2D eigenvalue weighted by Crippen LogP contribution is -2.33. The van der Waals surface area contributed by atoms with Crippen molar-refractivity contribution in [1.29, 1.82) is 0 Å². The summed E-state index contributed by atoms with van der Waals surface area (Å²) in [4.78, 5) is 0.176. The van der Waals surface area contributed by atoms with E-state index in [4.69, 9.17) is 4.74 Å². The third kappa shape index (κ3) is 8.19. The fourth-order valence-electron chi connectivity index (χ4n) is 0.908. The molecule has 0 aliphatic rings. The minimum absolute atomic E-state index is 0.124. The van der Waals surface area contributed by atoms with Crippen LogP contribution in [-0.4, -0.2) is 39.3 Å². The molecule has 0 saturated carbocycles. The van der Waals surface area contributed by atoms with Gasteiger partial charge in [-0.25, -0.2) is 13.1 Å². The molecular weight excluding hydrogens is 282 g/mol. The summed E-state index contributed by atoms with van der Waals surface area (Å²) in [6.45, 7) is 4.99. The largest absolute Gasteiger partial charge is 0.385 e. The van der Waals surface area contributed by atoms with Crippen LogP contribution in [-0.2, 0) is 14.8 Å². The lowest BCUT2D eigenvalue weighted by Gasteiger charge is -2.14. The molecule has 0 saturated heterocycles. The van der Waals surface area contributed by atoms with Crippen LogP contribution in [0.4, 0.5) is 0 Å². The fourth-order valence-corrected chi connectivity index (χ4v) is 2.36. The van der Waals surface area contributed by atoms with E-state index in [0.717, 1.165) is 0 Å². The molecule has 1 N–H and O–H groups in total. The van der Waals surface area contributed by atoms with Gasteiger partial charge in [-0.05, 0) is 12.3 Å². The number of hydrogen-bond donors (Lipinski definition) is 1. The summed E-state index contributed by atoms with van der Waals surface area (Å²) in [5.74, 6) is 0.533. The first-order chi connectivity index (χ1) is 6.89. The smallest absolute Gasteiger partial charge is 0.211 e. The summed E-state index contributed by atoms with van der Waals surface area (Å²) in [6.07, 6.45) is 0.528. The summed E-state index contributed by atoms with van der Waals surface area (Å²) in [5, 5.41) is 0. The van der Waals surface area contributed by atoms with E-state index in [2.05, 4.69) is 20.7 Å². The summed E-state index contributed by atoms with van der Waals surface area (Å²) >= 11 is 3.43. The van der Waals surface area contributed by atoms with Crippen molar-refractivity contribution < 1.29 is 13.2 Å². The molecule has 1 unspecified atom stereocenters. The highest BCUT2D eigenvalue weighted by atomic mass is 79.9. The Hall–Kier alpha value is 0.350. The Morgan fingerprint density at radius 3 is 2.47 bits per heavy atom. The van der Waals surface area contributed by atoms with Crippen LogP contribution in [0.1, 0.15) is 20.3 Å². The first-order valence-corrected chi connectivity index (χ1v) is 7.56. The zero-order valence-corrected chi connectivity index (χ0v) is 11.9. The van der Waals surface area contributed by atoms with Gasteiger partial charge >= 0.3 is 0 Å². The van der Waals surface area contributed by atoms with Gasteiger partial charge in [0.05, 0.1) is 5.75 Å². The maximum atomic E-state index is 11.4. The molecule has 0 aromatic carbocycles. The molecule has 1 atom stereocenters. The van der Waals surface area contributed by atoms with Crippen LogP contribution in [0.25, 0.3) is 0 Å². The number of sulfonamides is 1.